The van der Waals surface area contributed by atoms with Crippen molar-refractivity contribution in [2.75, 3.05) is 0 Å². The fourth-order valence-electron chi connectivity index (χ4n) is 1.81. The first-order valence-corrected chi connectivity index (χ1v) is 7.61. The van der Waals surface area contributed by atoms with Crippen LogP contribution in [0.15, 0.2) is 37.8 Å². The Bertz CT molecular complexity index is 826. The summed E-state index contributed by atoms with van der Waals surface area (Å²) in [4.78, 5) is 11.5. The molecule has 0 bridgehead atoms. The molecule has 0 amide bonds. The lowest BCUT2D eigenvalue weighted by Crippen LogP contribution is -1.99. The molecule has 0 saturated heterocycles. The molecule has 7 heteroatoms. The normalized spacial score (nSPS) is 11.1. The molecule has 0 fully saturated rings. The van der Waals surface area contributed by atoms with Gasteiger partial charge in [-0.2, -0.15) is 0 Å². The Morgan fingerprint density at radius 1 is 1.35 bits per heavy atom. The summed E-state index contributed by atoms with van der Waals surface area (Å²) in [5, 5.41) is 19.2. The topological polar surface area (TPSA) is 76.2 Å². The Morgan fingerprint density at radius 2 is 2.20 bits per heavy atom. The number of rotatable bonds is 3. The summed E-state index contributed by atoms with van der Waals surface area (Å²) < 4.78 is 5.95. The van der Waals surface area contributed by atoms with Crippen LogP contribution in [0.5, 0.6) is 5.75 Å². The molecule has 0 aliphatic rings. The first-order chi connectivity index (χ1) is 9.61. The molecule has 0 saturated carbocycles. The molecule has 0 atom stereocenters. The molecule has 5 nitrogen and oxygen atoms in total. The van der Waals surface area contributed by atoms with E-state index in [1.54, 1.807) is 12.1 Å². The van der Waals surface area contributed by atoms with E-state index in [0.29, 0.717) is 11.3 Å². The number of aryl methyl sites for hydroxylation is 1. The van der Waals surface area contributed by atoms with Gasteiger partial charge in [0.1, 0.15) is 16.3 Å². The van der Waals surface area contributed by atoms with Gasteiger partial charge in [-0.05, 0) is 24.6 Å². The minimum absolute atomic E-state index is 0.0743. The second-order valence-corrected chi connectivity index (χ2v) is 6.55. The third-order valence-corrected chi connectivity index (χ3v) is 4.69. The van der Waals surface area contributed by atoms with E-state index in [1.807, 2.05) is 6.92 Å². The maximum Gasteiger partial charge on any atom is 0.336 e. The van der Waals surface area contributed by atoms with Gasteiger partial charge in [-0.15, -0.1) is 10.2 Å². The van der Waals surface area contributed by atoms with Crippen molar-refractivity contribution in [3.05, 3.63) is 45.3 Å². The molecule has 2 heterocycles. The molecule has 20 heavy (non-hydrogen) atoms. The quantitative estimate of drug-likeness (QED) is 0.592. The Morgan fingerprint density at radius 3 is 2.95 bits per heavy atom. The van der Waals surface area contributed by atoms with Gasteiger partial charge in [0.2, 0.25) is 0 Å². The Balaban J connectivity index is 1.96. The fourth-order valence-corrected chi connectivity index (χ4v) is 3.62. The van der Waals surface area contributed by atoms with E-state index in [1.165, 1.54) is 35.2 Å². The molecule has 0 radical (unpaired) electrons. The van der Waals surface area contributed by atoms with Crippen LogP contribution in [0.4, 0.5) is 0 Å². The van der Waals surface area contributed by atoms with Crippen LogP contribution in [-0.4, -0.2) is 15.3 Å². The molecule has 3 rings (SSSR count). The van der Waals surface area contributed by atoms with Crippen LogP contribution in [-0.2, 0) is 5.75 Å². The molecule has 0 spiro atoms. The van der Waals surface area contributed by atoms with E-state index in [2.05, 4.69) is 10.2 Å². The average Bonchev–Trinajstić information content (AvgIpc) is 2.81. The van der Waals surface area contributed by atoms with E-state index in [9.17, 15) is 9.90 Å². The van der Waals surface area contributed by atoms with Crippen LogP contribution in [0.25, 0.3) is 11.0 Å². The average molecular weight is 306 g/mol. The van der Waals surface area contributed by atoms with Crippen molar-refractivity contribution >= 4 is 34.1 Å². The molecule has 3 aromatic rings. The zero-order chi connectivity index (χ0) is 14.1. The van der Waals surface area contributed by atoms with E-state index in [0.717, 1.165) is 20.3 Å². The summed E-state index contributed by atoms with van der Waals surface area (Å²) in [6.07, 6.45) is 0. The maximum atomic E-state index is 11.5. The number of hydrogen-bond acceptors (Lipinski definition) is 7. The summed E-state index contributed by atoms with van der Waals surface area (Å²) in [6, 6.07) is 6.24. The van der Waals surface area contributed by atoms with Crippen molar-refractivity contribution in [2.45, 2.75) is 17.0 Å². The van der Waals surface area contributed by atoms with Crippen LogP contribution in [0.3, 0.4) is 0 Å². The number of nitrogens with zero attached hydrogens (tertiary/aromatic N) is 2. The lowest BCUT2D eigenvalue weighted by atomic mass is 10.1. The van der Waals surface area contributed by atoms with E-state index < -0.39 is 5.63 Å². The van der Waals surface area contributed by atoms with Gasteiger partial charge >= 0.3 is 5.63 Å². The minimum Gasteiger partial charge on any atom is -0.508 e. The Labute approximate surface area is 122 Å². The van der Waals surface area contributed by atoms with Crippen LogP contribution >= 0.6 is 23.1 Å². The monoisotopic (exact) mass is 306 g/mol. The van der Waals surface area contributed by atoms with Crippen molar-refractivity contribution in [3.63, 3.8) is 0 Å². The minimum atomic E-state index is -0.424. The third kappa shape index (κ3) is 2.68. The number of fused-ring (bicyclic) bond motifs is 1. The first-order valence-electron chi connectivity index (χ1n) is 5.80. The molecule has 0 unspecified atom stereocenters. The van der Waals surface area contributed by atoms with E-state index in [4.69, 9.17) is 4.42 Å². The Kier molecular flexibility index (Phi) is 3.45. The highest BCUT2D eigenvalue weighted by atomic mass is 32.2. The van der Waals surface area contributed by atoms with Crippen molar-refractivity contribution in [3.8, 4) is 5.75 Å². The van der Waals surface area contributed by atoms with Gasteiger partial charge in [-0.1, -0.05) is 23.1 Å². The molecule has 102 valence electrons. The van der Waals surface area contributed by atoms with Gasteiger partial charge in [-0.25, -0.2) is 4.79 Å². The smallest absolute Gasteiger partial charge is 0.336 e. The van der Waals surface area contributed by atoms with Gasteiger partial charge in [-0.3, -0.25) is 0 Å². The summed E-state index contributed by atoms with van der Waals surface area (Å²) in [6.45, 7) is 1.90. The molecular formula is C13H10N2O3S2. The second kappa shape index (κ2) is 5.26. The van der Waals surface area contributed by atoms with Crippen molar-refractivity contribution in [1.82, 2.24) is 10.2 Å². The largest absolute Gasteiger partial charge is 0.508 e. The number of aromatic hydroxyl groups is 1. The lowest BCUT2D eigenvalue weighted by molar-refractivity contribution is 0.473. The summed E-state index contributed by atoms with van der Waals surface area (Å²) >= 11 is 3.04. The standard InChI is InChI=1S/C13H10N2O3S2/c1-7-14-15-13(20-7)19-6-8-4-12(17)18-11-5-9(16)2-3-10(8)11/h2-5,16H,6H2,1H3. The lowest BCUT2D eigenvalue weighted by Gasteiger charge is -2.04. The molecule has 2 aromatic heterocycles. The number of phenols is 1. The van der Waals surface area contributed by atoms with Crippen molar-refractivity contribution < 1.29 is 9.52 Å². The molecular weight excluding hydrogens is 296 g/mol. The SMILES string of the molecule is Cc1nnc(SCc2cc(=O)oc3cc(O)ccc23)s1. The summed E-state index contributed by atoms with van der Waals surface area (Å²) in [7, 11) is 0. The number of benzene rings is 1. The molecule has 0 aliphatic heterocycles. The van der Waals surface area contributed by atoms with Gasteiger partial charge in [0.25, 0.3) is 0 Å². The van der Waals surface area contributed by atoms with E-state index in [-0.39, 0.29) is 5.75 Å². The molecule has 1 N–H and O–H groups in total. The summed E-state index contributed by atoms with van der Waals surface area (Å²) in [5.41, 5.74) is 0.822. The number of phenolic OH excluding ortho intramolecular Hbond substituents is 1. The highest BCUT2D eigenvalue weighted by Gasteiger charge is 2.08. The fraction of sp³-hybridized carbons (Fsp3) is 0.154. The van der Waals surface area contributed by atoms with Crippen molar-refractivity contribution in [2.24, 2.45) is 0 Å². The zero-order valence-corrected chi connectivity index (χ0v) is 12.1. The predicted molar refractivity (Wildman–Crippen MR) is 78.4 cm³/mol. The molecule has 0 aliphatic carbocycles. The maximum absolute atomic E-state index is 11.5. The van der Waals surface area contributed by atoms with Gasteiger partial charge in [0.05, 0.1) is 0 Å². The number of hydrogen-bond donors (Lipinski definition) is 1. The van der Waals surface area contributed by atoms with Crippen molar-refractivity contribution in [1.29, 1.82) is 0 Å². The highest BCUT2D eigenvalue weighted by Crippen LogP contribution is 2.29. The first kappa shape index (κ1) is 13.1. The second-order valence-electron chi connectivity index (χ2n) is 4.15. The van der Waals surface area contributed by atoms with Gasteiger partial charge in [0.15, 0.2) is 4.34 Å². The van der Waals surface area contributed by atoms with Gasteiger partial charge in [0, 0.05) is 23.3 Å². The van der Waals surface area contributed by atoms with Crippen LogP contribution in [0.1, 0.15) is 10.6 Å². The number of thioether (sulfide) groups is 1. The van der Waals surface area contributed by atoms with Crippen LogP contribution in [0.2, 0.25) is 0 Å². The Hall–Kier alpha value is -1.86. The van der Waals surface area contributed by atoms with Crippen LogP contribution in [0, 0.1) is 6.92 Å². The molecule has 1 aromatic carbocycles. The van der Waals surface area contributed by atoms with Crippen LogP contribution < -0.4 is 5.63 Å². The zero-order valence-electron chi connectivity index (χ0n) is 10.5. The third-order valence-electron chi connectivity index (χ3n) is 2.67. The highest BCUT2D eigenvalue weighted by molar-refractivity contribution is 8.00. The number of aromatic nitrogens is 2. The predicted octanol–water partition coefficient (Wildman–Crippen LogP) is 2.95. The summed E-state index contributed by atoms with van der Waals surface area (Å²) in [5.74, 6) is 0.673. The van der Waals surface area contributed by atoms with Gasteiger partial charge < -0.3 is 9.52 Å². The van der Waals surface area contributed by atoms with E-state index >= 15 is 0 Å².